The van der Waals surface area contributed by atoms with Gasteiger partial charge in [-0.1, -0.05) is 26.7 Å². The van der Waals surface area contributed by atoms with E-state index in [4.69, 9.17) is 9.47 Å². The molecule has 0 atom stereocenters. The van der Waals surface area contributed by atoms with Crippen LogP contribution in [0.25, 0.3) is 0 Å². The highest BCUT2D eigenvalue weighted by Gasteiger charge is 2.02. The van der Waals surface area contributed by atoms with Crippen LogP contribution in [0, 0.1) is 0 Å². The van der Waals surface area contributed by atoms with Gasteiger partial charge in [-0.05, 0) is 33.5 Å². The number of unbranched alkanes of at least 4 members (excludes halogenated alkanes) is 2. The van der Waals surface area contributed by atoms with Crippen LogP contribution in [-0.2, 0) is 9.47 Å². The van der Waals surface area contributed by atoms with Crippen molar-refractivity contribution in [3.63, 3.8) is 0 Å². The second-order valence-corrected chi connectivity index (χ2v) is 5.54. The minimum absolute atomic E-state index is 0.713. The lowest BCUT2D eigenvalue weighted by Crippen LogP contribution is -2.33. The molecule has 4 nitrogen and oxygen atoms in total. The molecule has 0 amide bonds. The summed E-state index contributed by atoms with van der Waals surface area (Å²) in [5.41, 5.74) is 0. The third kappa shape index (κ3) is 14.3. The fourth-order valence-electron chi connectivity index (χ4n) is 1.88. The van der Waals surface area contributed by atoms with Crippen molar-refractivity contribution in [2.75, 3.05) is 66.7 Å². The molecule has 0 rings (SSSR count). The summed E-state index contributed by atoms with van der Waals surface area (Å²) in [6.45, 7) is 11.9. The normalized spacial score (nSPS) is 11.7. The first-order valence-electron chi connectivity index (χ1n) is 8.23. The van der Waals surface area contributed by atoms with Gasteiger partial charge in [0.05, 0.1) is 19.8 Å². The van der Waals surface area contributed by atoms with E-state index in [1.165, 1.54) is 25.8 Å². The van der Waals surface area contributed by atoms with Gasteiger partial charge in [-0.3, -0.25) is 0 Å². The Bertz CT molecular complexity index is 191. The van der Waals surface area contributed by atoms with E-state index >= 15 is 0 Å². The molecule has 0 fully saturated rings. The third-order valence-corrected chi connectivity index (χ3v) is 3.34. The molecule has 0 aromatic rings. The maximum absolute atomic E-state index is 5.56. The third-order valence-electron chi connectivity index (χ3n) is 3.34. The molecule has 0 aromatic carbocycles. The summed E-state index contributed by atoms with van der Waals surface area (Å²) in [7, 11) is 4.38. The van der Waals surface area contributed by atoms with E-state index < -0.39 is 0 Å². The molecule has 0 unspecified atom stereocenters. The van der Waals surface area contributed by atoms with Crippen molar-refractivity contribution in [2.45, 2.75) is 39.5 Å². The van der Waals surface area contributed by atoms with Crippen LogP contribution in [0.2, 0.25) is 0 Å². The maximum Gasteiger partial charge on any atom is 0.0701 e. The Morgan fingerprint density at radius 2 is 1.20 bits per heavy atom. The van der Waals surface area contributed by atoms with E-state index in [2.05, 4.69) is 37.7 Å². The van der Waals surface area contributed by atoms with Gasteiger partial charge in [0.25, 0.3) is 0 Å². The van der Waals surface area contributed by atoms with Gasteiger partial charge in [-0.2, -0.15) is 0 Å². The maximum atomic E-state index is 5.56. The van der Waals surface area contributed by atoms with E-state index in [1.54, 1.807) is 0 Å². The topological polar surface area (TPSA) is 24.9 Å². The number of likely N-dealkylation sites (N-methyl/N-ethyl adjacent to an activating group) is 2. The predicted octanol–water partition coefficient (Wildman–Crippen LogP) is 2.48. The zero-order valence-corrected chi connectivity index (χ0v) is 14.2. The summed E-state index contributed by atoms with van der Waals surface area (Å²) < 4.78 is 10.9. The summed E-state index contributed by atoms with van der Waals surface area (Å²) in [5.74, 6) is 0. The molecule has 20 heavy (non-hydrogen) atoms. The smallest absolute Gasteiger partial charge is 0.0701 e. The predicted molar refractivity (Wildman–Crippen MR) is 86.4 cm³/mol. The van der Waals surface area contributed by atoms with Crippen molar-refractivity contribution in [1.29, 1.82) is 0 Å². The first-order chi connectivity index (χ1) is 9.70. The molecule has 122 valence electrons. The molecule has 0 radical (unpaired) electrons. The molecule has 0 spiro atoms. The number of hydrogen-bond donors (Lipinski definition) is 0. The molecule has 0 N–H and O–H groups in total. The summed E-state index contributed by atoms with van der Waals surface area (Å²) >= 11 is 0. The van der Waals surface area contributed by atoms with Crippen molar-refractivity contribution in [2.24, 2.45) is 0 Å². The average molecular weight is 288 g/mol. The number of rotatable bonds is 15. The molecule has 0 heterocycles. The van der Waals surface area contributed by atoms with Gasteiger partial charge in [0.1, 0.15) is 0 Å². The zero-order valence-electron chi connectivity index (χ0n) is 14.2. The highest BCUT2D eigenvalue weighted by molar-refractivity contribution is 4.57. The lowest BCUT2D eigenvalue weighted by atomic mass is 10.2. The Morgan fingerprint density at radius 3 is 1.80 bits per heavy atom. The molecular formula is C16H36N2O2. The molecular weight excluding hydrogens is 252 g/mol. The quantitative estimate of drug-likeness (QED) is 0.432. The summed E-state index contributed by atoms with van der Waals surface area (Å²) in [4.78, 5) is 4.76. The minimum atomic E-state index is 0.713. The zero-order chi connectivity index (χ0) is 15.1. The summed E-state index contributed by atoms with van der Waals surface area (Å²) in [6, 6.07) is 0. The van der Waals surface area contributed by atoms with Gasteiger partial charge in [0.15, 0.2) is 0 Å². The van der Waals surface area contributed by atoms with E-state index in [-0.39, 0.29) is 0 Å². The molecule has 0 aliphatic heterocycles. The SMILES string of the molecule is CCCCCN(C)CCN(C)CCOCCOCCC. The Morgan fingerprint density at radius 1 is 0.600 bits per heavy atom. The molecule has 0 aliphatic rings. The second kappa shape index (κ2) is 15.2. The van der Waals surface area contributed by atoms with Crippen LogP contribution in [0.4, 0.5) is 0 Å². The molecule has 0 bridgehead atoms. The van der Waals surface area contributed by atoms with E-state index in [9.17, 15) is 0 Å². The highest BCUT2D eigenvalue weighted by atomic mass is 16.5. The minimum Gasteiger partial charge on any atom is -0.379 e. The van der Waals surface area contributed by atoms with Crippen molar-refractivity contribution in [3.8, 4) is 0 Å². The lowest BCUT2D eigenvalue weighted by Gasteiger charge is -2.21. The summed E-state index contributed by atoms with van der Waals surface area (Å²) in [5, 5.41) is 0. The van der Waals surface area contributed by atoms with Crippen molar-refractivity contribution >= 4 is 0 Å². The van der Waals surface area contributed by atoms with Crippen LogP contribution in [0.5, 0.6) is 0 Å². The van der Waals surface area contributed by atoms with Crippen LogP contribution in [-0.4, -0.2) is 76.5 Å². The van der Waals surface area contributed by atoms with Gasteiger partial charge in [-0.15, -0.1) is 0 Å². The first-order valence-corrected chi connectivity index (χ1v) is 8.23. The van der Waals surface area contributed by atoms with E-state index in [0.29, 0.717) is 6.61 Å². The molecule has 0 saturated carbocycles. The Kier molecular flexibility index (Phi) is 15.1. The van der Waals surface area contributed by atoms with Gasteiger partial charge in [0, 0.05) is 26.2 Å². The van der Waals surface area contributed by atoms with E-state index in [1.807, 2.05) is 0 Å². The standard InChI is InChI=1S/C16H36N2O2/c1-5-7-8-9-17(3)10-11-18(4)12-14-20-16-15-19-13-6-2/h5-16H2,1-4H3. The van der Waals surface area contributed by atoms with Gasteiger partial charge >= 0.3 is 0 Å². The van der Waals surface area contributed by atoms with Crippen LogP contribution >= 0.6 is 0 Å². The number of ether oxygens (including phenoxy) is 2. The Hall–Kier alpha value is -0.160. The van der Waals surface area contributed by atoms with Gasteiger partial charge < -0.3 is 19.3 Å². The second-order valence-electron chi connectivity index (χ2n) is 5.54. The van der Waals surface area contributed by atoms with Crippen LogP contribution in [0.1, 0.15) is 39.5 Å². The monoisotopic (exact) mass is 288 g/mol. The van der Waals surface area contributed by atoms with Crippen LogP contribution < -0.4 is 0 Å². The fourth-order valence-corrected chi connectivity index (χ4v) is 1.88. The number of nitrogens with zero attached hydrogens (tertiary/aromatic N) is 2. The summed E-state index contributed by atoms with van der Waals surface area (Å²) in [6.07, 6.45) is 5.03. The molecule has 0 aliphatic carbocycles. The van der Waals surface area contributed by atoms with Crippen LogP contribution in [0.15, 0.2) is 0 Å². The lowest BCUT2D eigenvalue weighted by molar-refractivity contribution is 0.0406. The Balaban J connectivity index is 3.29. The highest BCUT2D eigenvalue weighted by Crippen LogP contribution is 1.96. The average Bonchev–Trinajstić information content (AvgIpc) is 2.44. The first kappa shape index (κ1) is 19.8. The van der Waals surface area contributed by atoms with Crippen LogP contribution in [0.3, 0.4) is 0 Å². The van der Waals surface area contributed by atoms with Crippen molar-refractivity contribution < 1.29 is 9.47 Å². The van der Waals surface area contributed by atoms with Gasteiger partial charge in [0.2, 0.25) is 0 Å². The Labute approximate surface area is 126 Å². The fraction of sp³-hybridized carbons (Fsp3) is 1.00. The van der Waals surface area contributed by atoms with Crippen molar-refractivity contribution in [1.82, 2.24) is 9.80 Å². The number of hydrogen-bond acceptors (Lipinski definition) is 4. The van der Waals surface area contributed by atoms with E-state index in [0.717, 1.165) is 45.9 Å². The van der Waals surface area contributed by atoms with Gasteiger partial charge in [-0.25, -0.2) is 0 Å². The van der Waals surface area contributed by atoms with Crippen molar-refractivity contribution in [3.05, 3.63) is 0 Å². The molecule has 0 saturated heterocycles. The largest absolute Gasteiger partial charge is 0.379 e. The molecule has 4 heteroatoms. The molecule has 0 aromatic heterocycles.